The average Bonchev–Trinajstić information content (AvgIpc) is 3.36. The topological polar surface area (TPSA) is 73.4 Å². The fourth-order valence-electron chi connectivity index (χ4n) is 4.26. The molecule has 0 spiro atoms. The fraction of sp³-hybridized carbons (Fsp3) is 0.222. The van der Waals surface area contributed by atoms with E-state index in [2.05, 4.69) is 51.6 Å². The van der Waals surface area contributed by atoms with E-state index in [0.29, 0.717) is 11.6 Å². The van der Waals surface area contributed by atoms with Crippen LogP contribution >= 0.6 is 0 Å². The molecule has 1 atom stereocenters. The second-order valence-electron chi connectivity index (χ2n) is 8.77. The van der Waals surface area contributed by atoms with Crippen molar-refractivity contribution in [2.45, 2.75) is 12.5 Å². The van der Waals surface area contributed by atoms with E-state index in [1.165, 1.54) is 0 Å². The van der Waals surface area contributed by atoms with Crippen molar-refractivity contribution in [3.8, 4) is 0 Å². The molecule has 2 aromatic carbocycles. The maximum atomic E-state index is 12.5. The van der Waals surface area contributed by atoms with E-state index in [1.807, 2.05) is 60.7 Å². The van der Waals surface area contributed by atoms with Gasteiger partial charge in [0.2, 0.25) is 0 Å². The molecular formula is C27H28N6O. The van der Waals surface area contributed by atoms with Crippen LogP contribution in [0.15, 0.2) is 79.0 Å². The molecule has 1 aliphatic heterocycles. The van der Waals surface area contributed by atoms with Gasteiger partial charge in [-0.25, -0.2) is 9.97 Å². The predicted molar refractivity (Wildman–Crippen MR) is 138 cm³/mol. The van der Waals surface area contributed by atoms with Gasteiger partial charge in [-0.3, -0.25) is 4.79 Å². The van der Waals surface area contributed by atoms with E-state index in [-0.39, 0.29) is 5.91 Å². The van der Waals surface area contributed by atoms with E-state index in [0.717, 1.165) is 53.4 Å². The lowest BCUT2D eigenvalue weighted by molar-refractivity contribution is 0.102. The smallest absolute Gasteiger partial charge is 0.255 e. The highest BCUT2D eigenvalue weighted by Gasteiger charge is 2.25. The Kier molecular flexibility index (Phi) is 6.10. The van der Waals surface area contributed by atoms with Crippen LogP contribution in [-0.4, -0.2) is 54.0 Å². The second kappa shape index (κ2) is 9.49. The molecule has 5 rings (SSSR count). The van der Waals surface area contributed by atoms with Crippen LogP contribution in [0.4, 0.5) is 22.9 Å². The lowest BCUT2D eigenvalue weighted by Crippen LogP contribution is -2.31. The monoisotopic (exact) mass is 452 g/mol. The first-order chi connectivity index (χ1) is 16.6. The first-order valence-electron chi connectivity index (χ1n) is 11.5. The summed E-state index contributed by atoms with van der Waals surface area (Å²) in [6.45, 7) is 1.98. The summed E-state index contributed by atoms with van der Waals surface area (Å²) in [7, 11) is 4.26. The van der Waals surface area contributed by atoms with Gasteiger partial charge in [0.05, 0.1) is 5.69 Å². The zero-order valence-electron chi connectivity index (χ0n) is 19.4. The van der Waals surface area contributed by atoms with Gasteiger partial charge in [0, 0.05) is 47.7 Å². The van der Waals surface area contributed by atoms with Crippen molar-refractivity contribution in [1.82, 2.24) is 14.9 Å². The van der Waals surface area contributed by atoms with Gasteiger partial charge >= 0.3 is 0 Å². The van der Waals surface area contributed by atoms with Gasteiger partial charge in [0.15, 0.2) is 5.65 Å². The molecule has 7 nitrogen and oxygen atoms in total. The second-order valence-corrected chi connectivity index (χ2v) is 8.77. The molecule has 34 heavy (non-hydrogen) atoms. The molecule has 1 unspecified atom stereocenters. The minimum absolute atomic E-state index is 0.137. The number of nitrogens with one attached hydrogen (secondary N) is 2. The number of carbonyl (C=O) groups is 1. The predicted octanol–water partition coefficient (Wildman–Crippen LogP) is 4.77. The molecule has 172 valence electrons. The molecule has 0 bridgehead atoms. The Hall–Kier alpha value is -3.97. The molecule has 1 saturated heterocycles. The molecule has 1 amide bonds. The molecule has 0 radical (unpaired) electrons. The van der Waals surface area contributed by atoms with Gasteiger partial charge in [-0.1, -0.05) is 18.2 Å². The molecular weight excluding hydrogens is 424 g/mol. The molecule has 1 aliphatic rings. The number of rotatable bonds is 6. The van der Waals surface area contributed by atoms with Gasteiger partial charge in [0.25, 0.3) is 5.91 Å². The van der Waals surface area contributed by atoms with Crippen LogP contribution in [0, 0.1) is 0 Å². The fourth-order valence-corrected chi connectivity index (χ4v) is 4.26. The van der Waals surface area contributed by atoms with Crippen LogP contribution in [0.3, 0.4) is 0 Å². The van der Waals surface area contributed by atoms with Crippen molar-refractivity contribution < 1.29 is 4.79 Å². The molecule has 7 heteroatoms. The Bertz CT molecular complexity index is 1290. The number of para-hydroxylation sites is 1. The molecule has 2 N–H and O–H groups in total. The van der Waals surface area contributed by atoms with Gasteiger partial charge < -0.3 is 20.4 Å². The van der Waals surface area contributed by atoms with Crippen molar-refractivity contribution in [1.29, 1.82) is 0 Å². The number of benzene rings is 2. The summed E-state index contributed by atoms with van der Waals surface area (Å²) in [5, 5.41) is 7.31. The van der Waals surface area contributed by atoms with Gasteiger partial charge in [-0.2, -0.15) is 0 Å². The van der Waals surface area contributed by atoms with E-state index in [9.17, 15) is 4.79 Å². The van der Waals surface area contributed by atoms with E-state index in [4.69, 9.17) is 4.98 Å². The number of hydrogen-bond acceptors (Lipinski definition) is 6. The molecule has 0 saturated carbocycles. The van der Waals surface area contributed by atoms with Crippen molar-refractivity contribution >= 4 is 39.8 Å². The standard InChI is InChI=1S/C27H28N6O/c1-32(2)22-15-17-33(18-22)25-13-12-23-24(14-16-28-26(23)31-25)29-21-10-8-19(9-11-21)27(34)30-20-6-4-3-5-7-20/h3-14,16,22H,15,17-18H2,1-2H3,(H,30,34)(H,28,29,31). The third kappa shape index (κ3) is 4.70. The highest BCUT2D eigenvalue weighted by molar-refractivity contribution is 6.04. The molecule has 4 aromatic rings. The SMILES string of the molecule is CN(C)C1CCN(c2ccc3c(Nc4ccc(C(=O)Nc5ccccc5)cc4)ccnc3n2)C1. The van der Waals surface area contributed by atoms with Crippen LogP contribution in [0.25, 0.3) is 11.0 Å². The first kappa shape index (κ1) is 21.9. The highest BCUT2D eigenvalue weighted by atomic mass is 16.1. The third-order valence-corrected chi connectivity index (χ3v) is 6.26. The zero-order chi connectivity index (χ0) is 23.5. The number of pyridine rings is 2. The number of hydrogen-bond donors (Lipinski definition) is 2. The van der Waals surface area contributed by atoms with E-state index >= 15 is 0 Å². The first-order valence-corrected chi connectivity index (χ1v) is 11.5. The summed E-state index contributed by atoms with van der Waals surface area (Å²) in [6.07, 6.45) is 2.91. The Morgan fingerprint density at radius 3 is 2.50 bits per heavy atom. The summed E-state index contributed by atoms with van der Waals surface area (Å²) >= 11 is 0. The molecule has 2 aromatic heterocycles. The lowest BCUT2D eigenvalue weighted by Gasteiger charge is -2.21. The summed E-state index contributed by atoms with van der Waals surface area (Å²) < 4.78 is 0. The highest BCUT2D eigenvalue weighted by Crippen LogP contribution is 2.28. The maximum absolute atomic E-state index is 12.5. The Labute approximate surface area is 199 Å². The van der Waals surface area contributed by atoms with Gasteiger partial charge in [0.1, 0.15) is 5.82 Å². The number of fused-ring (bicyclic) bond motifs is 1. The van der Waals surface area contributed by atoms with Crippen LogP contribution in [0.1, 0.15) is 16.8 Å². The number of carbonyl (C=O) groups excluding carboxylic acids is 1. The normalized spacial score (nSPS) is 15.6. The average molecular weight is 453 g/mol. The minimum atomic E-state index is -0.137. The quantitative estimate of drug-likeness (QED) is 0.439. The lowest BCUT2D eigenvalue weighted by atomic mass is 10.1. The van der Waals surface area contributed by atoms with Crippen molar-refractivity contribution in [3.05, 3.63) is 84.6 Å². The minimum Gasteiger partial charge on any atom is -0.355 e. The number of amides is 1. The van der Waals surface area contributed by atoms with Crippen molar-refractivity contribution in [3.63, 3.8) is 0 Å². The summed E-state index contributed by atoms with van der Waals surface area (Å²) in [4.78, 5) is 26.4. The van der Waals surface area contributed by atoms with Crippen molar-refractivity contribution in [2.75, 3.05) is 42.7 Å². The van der Waals surface area contributed by atoms with Crippen LogP contribution < -0.4 is 15.5 Å². The Balaban J connectivity index is 1.30. The van der Waals surface area contributed by atoms with Gasteiger partial charge in [-0.15, -0.1) is 0 Å². The summed E-state index contributed by atoms with van der Waals surface area (Å²) in [5.41, 5.74) is 3.91. The number of likely N-dealkylation sites (N-methyl/N-ethyl adjacent to an activating group) is 1. The Morgan fingerprint density at radius 2 is 1.76 bits per heavy atom. The summed E-state index contributed by atoms with van der Waals surface area (Å²) in [6, 6.07) is 23.5. The van der Waals surface area contributed by atoms with Gasteiger partial charge in [-0.05, 0) is 75.1 Å². The molecule has 1 fully saturated rings. The largest absolute Gasteiger partial charge is 0.355 e. The summed E-state index contributed by atoms with van der Waals surface area (Å²) in [5.74, 6) is 0.831. The van der Waals surface area contributed by atoms with Crippen molar-refractivity contribution in [2.24, 2.45) is 0 Å². The number of anilines is 4. The number of aromatic nitrogens is 2. The molecule has 3 heterocycles. The van der Waals surface area contributed by atoms with Crippen LogP contribution in [0.2, 0.25) is 0 Å². The third-order valence-electron chi connectivity index (χ3n) is 6.26. The van der Waals surface area contributed by atoms with E-state index < -0.39 is 0 Å². The molecule has 0 aliphatic carbocycles. The number of nitrogens with zero attached hydrogens (tertiary/aromatic N) is 4. The van der Waals surface area contributed by atoms with Crippen LogP contribution in [-0.2, 0) is 0 Å². The zero-order valence-corrected chi connectivity index (χ0v) is 19.4. The van der Waals surface area contributed by atoms with Crippen LogP contribution in [0.5, 0.6) is 0 Å². The Morgan fingerprint density at radius 1 is 0.971 bits per heavy atom. The maximum Gasteiger partial charge on any atom is 0.255 e. The van der Waals surface area contributed by atoms with E-state index in [1.54, 1.807) is 6.20 Å².